The Morgan fingerprint density at radius 2 is 2.10 bits per heavy atom. The molecule has 0 radical (unpaired) electrons. The third-order valence-corrected chi connectivity index (χ3v) is 2.76. The monoisotopic (exact) mass is 270 g/mol. The summed E-state index contributed by atoms with van der Waals surface area (Å²) >= 11 is 0. The Bertz CT molecular complexity index is 693. The Hall–Kier alpha value is -2.87. The number of nitriles is 1. The number of aromatic carboxylic acids is 1. The summed E-state index contributed by atoms with van der Waals surface area (Å²) < 4.78 is 13.2. The van der Waals surface area contributed by atoms with Crippen molar-refractivity contribution in [1.82, 2.24) is 0 Å². The van der Waals surface area contributed by atoms with Gasteiger partial charge in [0.1, 0.15) is 11.9 Å². The van der Waals surface area contributed by atoms with Gasteiger partial charge in [0.15, 0.2) is 0 Å². The quantitative estimate of drug-likeness (QED) is 0.895. The number of anilines is 1. The van der Waals surface area contributed by atoms with Gasteiger partial charge < -0.3 is 10.4 Å². The summed E-state index contributed by atoms with van der Waals surface area (Å²) in [4.78, 5) is 10.9. The summed E-state index contributed by atoms with van der Waals surface area (Å²) in [6.07, 6.45) is 0. The van der Waals surface area contributed by atoms with E-state index in [0.29, 0.717) is 12.2 Å². The minimum atomic E-state index is -0.986. The van der Waals surface area contributed by atoms with Gasteiger partial charge in [0.2, 0.25) is 0 Å². The number of benzene rings is 2. The van der Waals surface area contributed by atoms with Crippen LogP contribution in [0.3, 0.4) is 0 Å². The number of carbonyl (C=O) groups is 1. The molecule has 0 saturated carbocycles. The average Bonchev–Trinajstić information content (AvgIpc) is 2.46. The molecule has 5 heteroatoms. The molecule has 0 aliphatic rings. The summed E-state index contributed by atoms with van der Waals surface area (Å²) in [6, 6.07) is 12.4. The number of carboxylic acids is 1. The Kier molecular flexibility index (Phi) is 3.96. The number of hydrogen-bond donors (Lipinski definition) is 2. The molecule has 2 aromatic carbocycles. The van der Waals surface area contributed by atoms with Crippen LogP contribution >= 0.6 is 0 Å². The predicted octanol–water partition coefficient (Wildman–Crippen LogP) is 3.01. The van der Waals surface area contributed by atoms with Gasteiger partial charge in [0.25, 0.3) is 0 Å². The van der Waals surface area contributed by atoms with Crippen molar-refractivity contribution in [2.75, 3.05) is 5.32 Å². The molecule has 0 heterocycles. The van der Waals surface area contributed by atoms with E-state index in [0.717, 1.165) is 5.56 Å². The van der Waals surface area contributed by atoms with Gasteiger partial charge in [-0.15, -0.1) is 0 Å². The molecule has 0 aliphatic heterocycles. The lowest BCUT2D eigenvalue weighted by Crippen LogP contribution is -2.02. The fourth-order valence-corrected chi connectivity index (χ4v) is 1.74. The van der Waals surface area contributed by atoms with E-state index in [9.17, 15) is 9.18 Å². The maximum Gasteiger partial charge on any atom is 0.335 e. The normalized spacial score (nSPS) is 9.80. The van der Waals surface area contributed by atoms with Crippen LogP contribution in [0.25, 0.3) is 0 Å². The van der Waals surface area contributed by atoms with Crippen molar-refractivity contribution in [1.29, 1.82) is 5.26 Å². The zero-order valence-corrected chi connectivity index (χ0v) is 10.4. The van der Waals surface area contributed by atoms with Crippen LogP contribution in [0.15, 0.2) is 42.5 Å². The molecule has 20 heavy (non-hydrogen) atoms. The van der Waals surface area contributed by atoms with Gasteiger partial charge in [-0.1, -0.05) is 12.1 Å². The van der Waals surface area contributed by atoms with Crippen molar-refractivity contribution in [2.24, 2.45) is 0 Å². The van der Waals surface area contributed by atoms with Crippen LogP contribution in [0.2, 0.25) is 0 Å². The van der Waals surface area contributed by atoms with E-state index >= 15 is 0 Å². The summed E-state index contributed by atoms with van der Waals surface area (Å²) in [5.41, 5.74) is 1.56. The van der Waals surface area contributed by atoms with Gasteiger partial charge in [-0.25, -0.2) is 9.18 Å². The third-order valence-electron chi connectivity index (χ3n) is 2.76. The lowest BCUT2D eigenvalue weighted by molar-refractivity contribution is 0.0697. The first-order valence-electron chi connectivity index (χ1n) is 5.86. The number of nitrogens with one attached hydrogen (secondary N) is 1. The fraction of sp³-hybridized carbons (Fsp3) is 0.0667. The molecule has 0 saturated heterocycles. The van der Waals surface area contributed by atoms with Crippen molar-refractivity contribution in [3.05, 3.63) is 65.0 Å². The highest BCUT2D eigenvalue weighted by Gasteiger charge is 2.05. The molecule has 2 aromatic rings. The van der Waals surface area contributed by atoms with E-state index in [1.54, 1.807) is 24.3 Å². The molecule has 4 nitrogen and oxygen atoms in total. The first-order chi connectivity index (χ1) is 9.60. The average molecular weight is 270 g/mol. The van der Waals surface area contributed by atoms with Crippen LogP contribution in [0.4, 0.5) is 10.1 Å². The van der Waals surface area contributed by atoms with Crippen molar-refractivity contribution < 1.29 is 14.3 Å². The molecule has 0 atom stereocenters. The van der Waals surface area contributed by atoms with Crippen LogP contribution < -0.4 is 5.32 Å². The molecule has 0 amide bonds. The number of halogens is 1. The maximum atomic E-state index is 13.2. The molecule has 2 rings (SSSR count). The topological polar surface area (TPSA) is 73.1 Å². The number of carboxylic acid groups (broad SMARTS) is 1. The second kappa shape index (κ2) is 5.85. The SMILES string of the molecule is N#Cc1cc(NCc2cccc(C(=O)O)c2)ccc1F. The zero-order chi connectivity index (χ0) is 14.5. The smallest absolute Gasteiger partial charge is 0.335 e. The summed E-state index contributed by atoms with van der Waals surface area (Å²) in [5, 5.41) is 20.7. The number of rotatable bonds is 4. The van der Waals surface area contributed by atoms with Crippen molar-refractivity contribution >= 4 is 11.7 Å². The molecular weight excluding hydrogens is 259 g/mol. The van der Waals surface area contributed by atoms with Crippen LogP contribution in [0.1, 0.15) is 21.5 Å². The maximum absolute atomic E-state index is 13.2. The largest absolute Gasteiger partial charge is 0.478 e. The first kappa shape index (κ1) is 13.6. The zero-order valence-electron chi connectivity index (χ0n) is 10.4. The highest BCUT2D eigenvalue weighted by molar-refractivity contribution is 5.87. The predicted molar refractivity (Wildman–Crippen MR) is 71.8 cm³/mol. The van der Waals surface area contributed by atoms with Gasteiger partial charge in [-0.05, 0) is 35.9 Å². The van der Waals surface area contributed by atoms with E-state index in [4.69, 9.17) is 10.4 Å². The highest BCUT2D eigenvalue weighted by Crippen LogP contribution is 2.15. The Labute approximate surface area is 115 Å². The summed E-state index contributed by atoms with van der Waals surface area (Å²) in [5.74, 6) is -1.55. The van der Waals surface area contributed by atoms with Crippen LogP contribution in [0.5, 0.6) is 0 Å². The van der Waals surface area contributed by atoms with E-state index in [-0.39, 0.29) is 11.1 Å². The minimum Gasteiger partial charge on any atom is -0.478 e. The van der Waals surface area contributed by atoms with E-state index in [1.807, 2.05) is 0 Å². The van der Waals surface area contributed by atoms with Gasteiger partial charge in [0.05, 0.1) is 11.1 Å². The fourth-order valence-electron chi connectivity index (χ4n) is 1.74. The van der Waals surface area contributed by atoms with Crippen LogP contribution in [-0.4, -0.2) is 11.1 Å². The Morgan fingerprint density at radius 1 is 1.30 bits per heavy atom. The van der Waals surface area contributed by atoms with Crippen molar-refractivity contribution in [2.45, 2.75) is 6.54 Å². The third kappa shape index (κ3) is 3.12. The molecule has 0 aromatic heterocycles. The lowest BCUT2D eigenvalue weighted by Gasteiger charge is -2.07. The summed E-state index contributed by atoms with van der Waals surface area (Å²) in [6.45, 7) is 0.387. The minimum absolute atomic E-state index is 0.0331. The van der Waals surface area contributed by atoms with Crippen LogP contribution in [0, 0.1) is 17.1 Å². The summed E-state index contributed by atoms with van der Waals surface area (Å²) in [7, 11) is 0. The molecule has 0 bridgehead atoms. The lowest BCUT2D eigenvalue weighted by atomic mass is 10.1. The van der Waals surface area contributed by atoms with Crippen molar-refractivity contribution in [3.8, 4) is 6.07 Å². The number of nitrogens with zero attached hydrogens (tertiary/aromatic N) is 1. The Morgan fingerprint density at radius 3 is 2.80 bits per heavy atom. The van der Waals surface area contributed by atoms with Crippen LogP contribution in [-0.2, 0) is 6.54 Å². The molecular formula is C15H11FN2O2. The van der Waals surface area contributed by atoms with E-state index in [1.165, 1.54) is 24.3 Å². The van der Waals surface area contributed by atoms with Gasteiger partial charge >= 0.3 is 5.97 Å². The molecule has 0 spiro atoms. The van der Waals surface area contributed by atoms with E-state index < -0.39 is 11.8 Å². The van der Waals surface area contributed by atoms with Gasteiger partial charge in [-0.3, -0.25) is 0 Å². The second-order valence-electron chi connectivity index (χ2n) is 4.17. The second-order valence-corrected chi connectivity index (χ2v) is 4.17. The van der Waals surface area contributed by atoms with Crippen molar-refractivity contribution in [3.63, 3.8) is 0 Å². The molecule has 0 aliphatic carbocycles. The standard InChI is InChI=1S/C15H11FN2O2/c16-14-5-4-13(7-12(14)8-17)18-9-10-2-1-3-11(6-10)15(19)20/h1-7,18H,9H2,(H,19,20). The molecule has 2 N–H and O–H groups in total. The Balaban J connectivity index is 2.11. The first-order valence-corrected chi connectivity index (χ1v) is 5.86. The van der Waals surface area contributed by atoms with Gasteiger partial charge in [-0.2, -0.15) is 5.26 Å². The highest BCUT2D eigenvalue weighted by atomic mass is 19.1. The molecule has 100 valence electrons. The van der Waals surface area contributed by atoms with E-state index in [2.05, 4.69) is 5.32 Å². The van der Waals surface area contributed by atoms with Gasteiger partial charge in [0, 0.05) is 12.2 Å². The molecule has 0 unspecified atom stereocenters. The molecule has 0 fully saturated rings. The number of hydrogen-bond acceptors (Lipinski definition) is 3.